The number of nitrogens with one attached hydrogen (secondary N) is 1. The molecule has 36 heavy (non-hydrogen) atoms. The number of carbonyl (C=O) groups excluding carboxylic acids is 4. The average molecular weight is 495 g/mol. The molecule has 2 aliphatic heterocycles. The second kappa shape index (κ2) is 9.73. The van der Waals surface area contributed by atoms with Crippen molar-refractivity contribution in [2.75, 3.05) is 25.7 Å². The van der Waals surface area contributed by atoms with Crippen molar-refractivity contribution in [3.8, 4) is 11.5 Å². The van der Waals surface area contributed by atoms with Gasteiger partial charge < -0.3 is 14.2 Å². The molecule has 9 nitrogen and oxygen atoms in total. The molecule has 2 saturated heterocycles. The highest BCUT2D eigenvalue weighted by molar-refractivity contribution is 6.24. The van der Waals surface area contributed by atoms with Crippen molar-refractivity contribution in [3.05, 3.63) is 53.6 Å². The fourth-order valence-corrected chi connectivity index (χ4v) is 5.37. The first-order valence-corrected chi connectivity index (χ1v) is 11.9. The monoisotopic (exact) mass is 494 g/mol. The van der Waals surface area contributed by atoms with Crippen LogP contribution in [0.3, 0.4) is 0 Å². The Labute approximate surface area is 209 Å². The van der Waals surface area contributed by atoms with Crippen LogP contribution in [0, 0.1) is 11.8 Å². The molecular formula is C27H30N2O7. The van der Waals surface area contributed by atoms with Crippen molar-refractivity contribution in [1.82, 2.24) is 5.32 Å². The number of imide groups is 1. The number of hydrogen-bond donors (Lipinski definition) is 1. The minimum absolute atomic E-state index is 0.132. The van der Waals surface area contributed by atoms with E-state index in [4.69, 9.17) is 14.2 Å². The van der Waals surface area contributed by atoms with Crippen LogP contribution >= 0.6 is 0 Å². The van der Waals surface area contributed by atoms with Crippen molar-refractivity contribution < 1.29 is 33.4 Å². The minimum Gasteiger partial charge on any atom is -0.493 e. The number of ether oxygens (including phenoxy) is 3. The van der Waals surface area contributed by atoms with Crippen molar-refractivity contribution in [2.45, 2.75) is 38.8 Å². The molecular weight excluding hydrogens is 464 g/mol. The molecule has 190 valence electrons. The van der Waals surface area contributed by atoms with Crippen molar-refractivity contribution in [2.24, 2.45) is 11.8 Å². The molecule has 4 atom stereocenters. The van der Waals surface area contributed by atoms with Crippen molar-refractivity contribution >= 4 is 29.3 Å². The largest absolute Gasteiger partial charge is 0.493 e. The summed E-state index contributed by atoms with van der Waals surface area (Å²) in [5.74, 6) is -2.61. The van der Waals surface area contributed by atoms with Gasteiger partial charge in [0.15, 0.2) is 17.3 Å². The van der Waals surface area contributed by atoms with Gasteiger partial charge in [-0.25, -0.2) is 4.90 Å². The summed E-state index contributed by atoms with van der Waals surface area (Å²) < 4.78 is 16.2. The van der Waals surface area contributed by atoms with Gasteiger partial charge in [0.1, 0.15) is 5.54 Å². The fraction of sp³-hybridized carbons (Fsp3) is 0.407. The first-order chi connectivity index (χ1) is 17.2. The summed E-state index contributed by atoms with van der Waals surface area (Å²) in [6.45, 7) is 5.03. The lowest BCUT2D eigenvalue weighted by Gasteiger charge is -2.32. The lowest BCUT2D eigenvalue weighted by Crippen LogP contribution is -2.56. The number of Topliss-reactive ketones (excluding diaryl/α,β-unsaturated/α-hetero) is 1. The summed E-state index contributed by atoms with van der Waals surface area (Å²) in [6, 6.07) is 11.0. The Morgan fingerprint density at radius 1 is 1.00 bits per heavy atom. The van der Waals surface area contributed by atoms with E-state index in [2.05, 4.69) is 5.32 Å². The SMILES string of the molecule is CCOC(=O)[C@]1(CC)N[C@@H](c2ccc(OC)c(OC)c2)[C@H]2C(=O)N(c3cccc(C(C)=O)c3)C(=O)[C@@H]21. The molecule has 1 N–H and O–H groups in total. The minimum atomic E-state index is -1.40. The third kappa shape index (κ3) is 3.83. The lowest BCUT2D eigenvalue weighted by atomic mass is 9.78. The summed E-state index contributed by atoms with van der Waals surface area (Å²) in [4.78, 5) is 54.2. The molecule has 2 amide bonds. The predicted octanol–water partition coefficient (Wildman–Crippen LogP) is 3.07. The Morgan fingerprint density at radius 2 is 1.72 bits per heavy atom. The number of amides is 2. The van der Waals surface area contributed by atoms with E-state index < -0.39 is 41.2 Å². The number of rotatable bonds is 8. The second-order valence-corrected chi connectivity index (χ2v) is 8.90. The Kier molecular flexibility index (Phi) is 6.86. The number of esters is 1. The molecule has 0 saturated carbocycles. The van der Waals surface area contributed by atoms with Crippen LogP contribution in [0.5, 0.6) is 11.5 Å². The molecule has 0 spiro atoms. The average Bonchev–Trinajstić information content (AvgIpc) is 3.37. The van der Waals surface area contributed by atoms with Crippen molar-refractivity contribution in [3.63, 3.8) is 0 Å². The highest BCUT2D eigenvalue weighted by atomic mass is 16.5. The smallest absolute Gasteiger partial charge is 0.327 e. The number of carbonyl (C=O) groups is 4. The highest BCUT2D eigenvalue weighted by Crippen LogP contribution is 2.52. The fourth-order valence-electron chi connectivity index (χ4n) is 5.37. The molecule has 2 heterocycles. The molecule has 0 aromatic heterocycles. The van der Waals surface area contributed by atoms with Crippen LogP contribution in [0.25, 0.3) is 0 Å². The third-order valence-corrected chi connectivity index (χ3v) is 7.13. The predicted molar refractivity (Wildman–Crippen MR) is 131 cm³/mol. The molecule has 0 unspecified atom stereocenters. The maximum absolute atomic E-state index is 13.9. The Bertz CT molecular complexity index is 1230. The van der Waals surface area contributed by atoms with E-state index in [0.29, 0.717) is 28.3 Å². The van der Waals surface area contributed by atoms with Crippen LogP contribution < -0.4 is 19.7 Å². The van der Waals surface area contributed by atoms with Gasteiger partial charge in [-0.05, 0) is 50.1 Å². The number of fused-ring (bicyclic) bond motifs is 1. The summed E-state index contributed by atoms with van der Waals surface area (Å²) >= 11 is 0. The Hall–Kier alpha value is -3.72. The van der Waals surface area contributed by atoms with Crippen molar-refractivity contribution in [1.29, 1.82) is 0 Å². The summed E-state index contributed by atoms with van der Waals surface area (Å²) in [5.41, 5.74) is -0.0558. The number of hydrogen-bond acceptors (Lipinski definition) is 8. The molecule has 2 aromatic rings. The third-order valence-electron chi connectivity index (χ3n) is 7.13. The number of methoxy groups -OCH3 is 2. The van der Waals surface area contributed by atoms with Gasteiger partial charge in [0.2, 0.25) is 11.8 Å². The van der Waals surface area contributed by atoms with E-state index in [0.717, 1.165) is 4.90 Å². The van der Waals surface area contributed by atoms with Crippen LogP contribution in [-0.2, 0) is 19.1 Å². The molecule has 0 bridgehead atoms. The van der Waals surface area contributed by atoms with E-state index in [-0.39, 0.29) is 18.8 Å². The quantitative estimate of drug-likeness (QED) is 0.339. The van der Waals surface area contributed by atoms with Gasteiger partial charge in [0.05, 0.1) is 38.3 Å². The lowest BCUT2D eigenvalue weighted by molar-refractivity contribution is -0.154. The van der Waals surface area contributed by atoms with Gasteiger partial charge in [-0.3, -0.25) is 24.5 Å². The normalized spacial score (nSPS) is 25.0. The molecule has 2 fully saturated rings. The second-order valence-electron chi connectivity index (χ2n) is 8.90. The van der Waals surface area contributed by atoms with Gasteiger partial charge in [-0.2, -0.15) is 0 Å². The number of anilines is 1. The van der Waals surface area contributed by atoms with Crippen LogP contribution in [0.2, 0.25) is 0 Å². The molecule has 9 heteroatoms. The van der Waals surface area contributed by atoms with Crippen LogP contribution in [0.1, 0.15) is 49.2 Å². The van der Waals surface area contributed by atoms with E-state index in [1.807, 2.05) is 0 Å². The van der Waals surface area contributed by atoms with Gasteiger partial charge >= 0.3 is 5.97 Å². The zero-order valence-electron chi connectivity index (χ0n) is 21.0. The highest BCUT2D eigenvalue weighted by Gasteiger charge is 2.68. The van der Waals surface area contributed by atoms with Gasteiger partial charge in [-0.1, -0.05) is 25.1 Å². The summed E-state index contributed by atoms with van der Waals surface area (Å²) in [7, 11) is 3.03. The zero-order chi connectivity index (χ0) is 26.2. The first-order valence-electron chi connectivity index (χ1n) is 11.9. The molecule has 2 aliphatic rings. The molecule has 0 radical (unpaired) electrons. The van der Waals surface area contributed by atoms with Gasteiger partial charge in [0.25, 0.3) is 0 Å². The van der Waals surface area contributed by atoms with E-state index in [9.17, 15) is 19.2 Å². The number of ketones is 1. The first kappa shape index (κ1) is 25.4. The summed E-state index contributed by atoms with van der Waals surface area (Å²) in [5, 5.41) is 3.31. The van der Waals surface area contributed by atoms with E-state index in [1.165, 1.54) is 27.2 Å². The van der Waals surface area contributed by atoms with E-state index >= 15 is 0 Å². The van der Waals surface area contributed by atoms with Crippen LogP contribution in [0.4, 0.5) is 5.69 Å². The zero-order valence-corrected chi connectivity index (χ0v) is 21.0. The Morgan fingerprint density at radius 3 is 2.33 bits per heavy atom. The molecule has 4 rings (SSSR count). The molecule has 2 aromatic carbocycles. The van der Waals surface area contributed by atoms with Crippen LogP contribution in [0.15, 0.2) is 42.5 Å². The maximum atomic E-state index is 13.9. The summed E-state index contributed by atoms with van der Waals surface area (Å²) in [6.07, 6.45) is 0.233. The Balaban J connectivity index is 1.86. The van der Waals surface area contributed by atoms with Gasteiger partial charge in [-0.15, -0.1) is 0 Å². The molecule has 0 aliphatic carbocycles. The number of nitrogens with zero attached hydrogens (tertiary/aromatic N) is 1. The maximum Gasteiger partial charge on any atom is 0.327 e. The van der Waals surface area contributed by atoms with Crippen LogP contribution in [-0.4, -0.2) is 49.9 Å². The van der Waals surface area contributed by atoms with Gasteiger partial charge in [0, 0.05) is 11.6 Å². The number of benzene rings is 2. The standard InChI is InChI=1S/C27H30N2O7/c1-6-27(26(33)36-7-2)22-21(23(28-27)17-11-12-19(34-4)20(14-17)35-5)24(31)29(25(22)32)18-10-8-9-16(13-18)15(3)30/h8-14,21-23,28H,6-7H2,1-5H3/t21-,22+,23-,27+/m0/s1. The van der Waals surface area contributed by atoms with E-state index in [1.54, 1.807) is 50.2 Å². The topological polar surface area (TPSA) is 111 Å².